The average Bonchev–Trinajstić information content (AvgIpc) is 3.42. The minimum absolute atomic E-state index is 0.580. The highest BCUT2D eigenvalue weighted by Gasteiger charge is 2.22. The van der Waals surface area contributed by atoms with Gasteiger partial charge in [0.05, 0.1) is 23.1 Å². The summed E-state index contributed by atoms with van der Waals surface area (Å²) in [6.07, 6.45) is 3.48. The summed E-state index contributed by atoms with van der Waals surface area (Å²) in [5.74, 6) is 1.27. The molecule has 0 radical (unpaired) electrons. The third-order valence-electron chi connectivity index (χ3n) is 4.72. The smallest absolute Gasteiger partial charge is 0.190 e. The number of hydrogen-bond donors (Lipinski definition) is 0. The summed E-state index contributed by atoms with van der Waals surface area (Å²) in [6.45, 7) is 2.04. The first kappa shape index (κ1) is 18.2. The van der Waals surface area contributed by atoms with Gasteiger partial charge in [0.2, 0.25) is 0 Å². The van der Waals surface area contributed by atoms with E-state index in [1.54, 1.807) is 21.8 Å². The first-order chi connectivity index (χ1) is 14.7. The van der Waals surface area contributed by atoms with Gasteiger partial charge in [-0.05, 0) is 53.7 Å². The van der Waals surface area contributed by atoms with Crippen molar-refractivity contribution in [3.05, 3.63) is 89.7 Å². The highest BCUT2D eigenvalue weighted by molar-refractivity contribution is 6.30. The van der Waals surface area contributed by atoms with E-state index < -0.39 is 0 Å². The maximum Gasteiger partial charge on any atom is 0.190 e. The van der Waals surface area contributed by atoms with Crippen molar-refractivity contribution in [3.63, 3.8) is 0 Å². The predicted molar refractivity (Wildman–Crippen MR) is 115 cm³/mol. The van der Waals surface area contributed by atoms with Crippen LogP contribution in [0.5, 0.6) is 0 Å². The molecule has 0 spiro atoms. The fraction of sp³-hybridized carbons (Fsp3) is 0.0455. The number of pyridine rings is 1. The molecule has 0 unspecified atom stereocenters. The van der Waals surface area contributed by atoms with Crippen LogP contribution in [-0.4, -0.2) is 35.0 Å². The monoisotopic (exact) mass is 413 g/mol. The molecule has 0 atom stereocenters. The summed E-state index contributed by atoms with van der Waals surface area (Å²) in [6, 6.07) is 21.3. The molecular weight excluding hydrogens is 398 g/mol. The van der Waals surface area contributed by atoms with Crippen LogP contribution in [0, 0.1) is 6.92 Å². The van der Waals surface area contributed by atoms with Gasteiger partial charge in [-0.3, -0.25) is 0 Å². The van der Waals surface area contributed by atoms with E-state index >= 15 is 0 Å². The van der Waals surface area contributed by atoms with Gasteiger partial charge in [0, 0.05) is 16.8 Å². The Morgan fingerprint density at radius 2 is 1.77 bits per heavy atom. The Hall–Kier alpha value is -3.84. The minimum atomic E-state index is 0.580. The fourth-order valence-electron chi connectivity index (χ4n) is 3.29. The van der Waals surface area contributed by atoms with Crippen molar-refractivity contribution >= 4 is 11.6 Å². The van der Waals surface area contributed by atoms with Crippen molar-refractivity contribution < 1.29 is 0 Å². The molecule has 5 aromatic rings. The molecule has 2 aromatic carbocycles. The molecule has 0 aliphatic heterocycles. The van der Waals surface area contributed by atoms with E-state index in [-0.39, 0.29) is 0 Å². The standard InChI is InChI=1S/C22H16ClN7/c1-15-8-10-18(11-9-15)29-22(26-27-28-29)19-14-25-30(20-7-2-3-12-24-20)21(19)16-5-4-6-17(23)13-16/h2-14H,1H3. The van der Waals surface area contributed by atoms with E-state index in [9.17, 15) is 0 Å². The van der Waals surface area contributed by atoms with E-state index in [2.05, 4.69) is 25.6 Å². The van der Waals surface area contributed by atoms with Crippen molar-refractivity contribution in [1.82, 2.24) is 35.0 Å². The summed E-state index contributed by atoms with van der Waals surface area (Å²) >= 11 is 6.29. The van der Waals surface area contributed by atoms with Gasteiger partial charge in [-0.1, -0.05) is 47.5 Å². The predicted octanol–water partition coefficient (Wildman–Crippen LogP) is 4.54. The molecule has 3 heterocycles. The summed E-state index contributed by atoms with van der Waals surface area (Å²) in [4.78, 5) is 4.45. The summed E-state index contributed by atoms with van der Waals surface area (Å²) in [5.41, 5.74) is 4.49. The van der Waals surface area contributed by atoms with Crippen molar-refractivity contribution in [2.24, 2.45) is 0 Å². The van der Waals surface area contributed by atoms with Gasteiger partial charge in [-0.2, -0.15) is 9.78 Å². The zero-order chi connectivity index (χ0) is 20.5. The highest BCUT2D eigenvalue weighted by atomic mass is 35.5. The number of nitrogens with zero attached hydrogens (tertiary/aromatic N) is 7. The van der Waals surface area contributed by atoms with Gasteiger partial charge in [0.25, 0.3) is 0 Å². The second kappa shape index (κ2) is 7.53. The van der Waals surface area contributed by atoms with E-state index in [1.807, 2.05) is 73.7 Å². The quantitative estimate of drug-likeness (QED) is 0.432. The Morgan fingerprint density at radius 3 is 2.53 bits per heavy atom. The van der Waals surface area contributed by atoms with E-state index in [1.165, 1.54) is 0 Å². The normalized spacial score (nSPS) is 11.0. The Balaban J connectivity index is 1.74. The summed E-state index contributed by atoms with van der Waals surface area (Å²) in [5, 5.41) is 17.6. The Kier molecular flexibility index (Phi) is 4.57. The lowest BCUT2D eigenvalue weighted by molar-refractivity contribution is 0.791. The molecule has 0 amide bonds. The minimum Gasteiger partial charge on any atom is -0.237 e. The van der Waals surface area contributed by atoms with Gasteiger partial charge in [-0.25, -0.2) is 9.67 Å². The van der Waals surface area contributed by atoms with Gasteiger partial charge < -0.3 is 0 Å². The Morgan fingerprint density at radius 1 is 0.900 bits per heavy atom. The van der Waals surface area contributed by atoms with Crippen LogP contribution in [0.15, 0.2) is 79.1 Å². The highest BCUT2D eigenvalue weighted by Crippen LogP contribution is 2.34. The van der Waals surface area contributed by atoms with Crippen molar-refractivity contribution in [3.8, 4) is 34.2 Å². The lowest BCUT2D eigenvalue weighted by atomic mass is 10.1. The van der Waals surface area contributed by atoms with Crippen LogP contribution < -0.4 is 0 Å². The van der Waals surface area contributed by atoms with Gasteiger partial charge in [0.15, 0.2) is 11.6 Å². The van der Waals surface area contributed by atoms with E-state index in [0.717, 1.165) is 28.1 Å². The topological polar surface area (TPSA) is 74.3 Å². The fourth-order valence-corrected chi connectivity index (χ4v) is 3.48. The number of aryl methyl sites for hydroxylation is 1. The lowest BCUT2D eigenvalue weighted by Crippen LogP contribution is -2.03. The molecule has 0 N–H and O–H groups in total. The molecule has 3 aromatic heterocycles. The third-order valence-corrected chi connectivity index (χ3v) is 4.96. The summed E-state index contributed by atoms with van der Waals surface area (Å²) in [7, 11) is 0. The number of halogens is 1. The van der Waals surface area contributed by atoms with Crippen LogP contribution in [0.1, 0.15) is 5.56 Å². The molecule has 30 heavy (non-hydrogen) atoms. The van der Waals surface area contributed by atoms with E-state index in [0.29, 0.717) is 16.7 Å². The zero-order valence-electron chi connectivity index (χ0n) is 16.0. The lowest BCUT2D eigenvalue weighted by Gasteiger charge is -2.10. The Bertz CT molecular complexity index is 1310. The third kappa shape index (κ3) is 3.25. The number of tetrazole rings is 1. The van der Waals surface area contributed by atoms with Gasteiger partial charge >= 0.3 is 0 Å². The maximum atomic E-state index is 6.29. The van der Waals surface area contributed by atoms with Crippen LogP contribution >= 0.6 is 11.6 Å². The van der Waals surface area contributed by atoms with Crippen LogP contribution in [-0.2, 0) is 0 Å². The molecule has 0 saturated heterocycles. The van der Waals surface area contributed by atoms with Crippen molar-refractivity contribution in [2.75, 3.05) is 0 Å². The SMILES string of the molecule is Cc1ccc(-n2nnnc2-c2cnn(-c3ccccn3)c2-c2cccc(Cl)c2)cc1. The number of rotatable bonds is 4. The van der Waals surface area contributed by atoms with Crippen LogP contribution in [0.25, 0.3) is 34.2 Å². The van der Waals surface area contributed by atoms with Crippen molar-refractivity contribution in [1.29, 1.82) is 0 Å². The molecular formula is C22H16ClN7. The van der Waals surface area contributed by atoms with Crippen LogP contribution in [0.2, 0.25) is 5.02 Å². The molecule has 7 nitrogen and oxygen atoms in total. The second-order valence-electron chi connectivity index (χ2n) is 6.77. The average molecular weight is 414 g/mol. The molecule has 0 aliphatic carbocycles. The first-order valence-electron chi connectivity index (χ1n) is 9.32. The van der Waals surface area contributed by atoms with E-state index in [4.69, 9.17) is 11.6 Å². The summed E-state index contributed by atoms with van der Waals surface area (Å²) < 4.78 is 3.47. The second-order valence-corrected chi connectivity index (χ2v) is 7.20. The zero-order valence-corrected chi connectivity index (χ0v) is 16.8. The molecule has 0 bridgehead atoms. The van der Waals surface area contributed by atoms with Crippen LogP contribution in [0.4, 0.5) is 0 Å². The maximum absolute atomic E-state index is 6.29. The van der Waals surface area contributed by atoms with Crippen molar-refractivity contribution in [2.45, 2.75) is 6.92 Å². The molecule has 5 rings (SSSR count). The molecule has 0 saturated carbocycles. The van der Waals surface area contributed by atoms with Crippen LogP contribution in [0.3, 0.4) is 0 Å². The molecule has 146 valence electrons. The van der Waals surface area contributed by atoms with Gasteiger partial charge in [-0.15, -0.1) is 5.10 Å². The van der Waals surface area contributed by atoms with Gasteiger partial charge in [0.1, 0.15) is 0 Å². The Labute approximate surface area is 177 Å². The molecule has 0 aliphatic rings. The number of aromatic nitrogens is 7. The first-order valence-corrected chi connectivity index (χ1v) is 9.70. The molecule has 0 fully saturated rings. The number of hydrogen-bond acceptors (Lipinski definition) is 5. The molecule has 8 heteroatoms. The largest absolute Gasteiger partial charge is 0.237 e. The number of benzene rings is 2.